The van der Waals surface area contributed by atoms with Crippen molar-refractivity contribution in [1.82, 2.24) is 3.71 Å². The van der Waals surface area contributed by atoms with Crippen molar-refractivity contribution >= 4 is 31.7 Å². The van der Waals surface area contributed by atoms with Crippen LogP contribution < -0.4 is 0 Å². The van der Waals surface area contributed by atoms with Crippen LogP contribution in [-0.4, -0.2) is 36.8 Å². The predicted octanol–water partition coefficient (Wildman–Crippen LogP) is -0.570. The first-order valence-corrected chi connectivity index (χ1v) is 7.46. The van der Waals surface area contributed by atoms with E-state index in [1.165, 1.54) is 0 Å². The molecule has 0 aromatic heterocycles. The summed E-state index contributed by atoms with van der Waals surface area (Å²) in [5.41, 5.74) is 0. The van der Waals surface area contributed by atoms with E-state index < -0.39 is 47.5 Å². The SMILES string of the molecule is C=CCS(=O)(=O)/N=[SH](=O)/N([SH](=O)=O)C(F)(F)F. The summed E-state index contributed by atoms with van der Waals surface area (Å²) in [5.74, 6) is -0.852. The van der Waals surface area contributed by atoms with Gasteiger partial charge in [-0.25, -0.2) is 21.0 Å². The summed E-state index contributed by atoms with van der Waals surface area (Å²) in [6.07, 6.45) is -4.70. The van der Waals surface area contributed by atoms with Crippen LogP contribution in [-0.2, 0) is 31.7 Å². The van der Waals surface area contributed by atoms with E-state index in [2.05, 4.69) is 10.3 Å². The van der Waals surface area contributed by atoms with Crippen molar-refractivity contribution in [2.45, 2.75) is 6.30 Å². The Balaban J connectivity index is 5.56. The number of alkyl halides is 3. The van der Waals surface area contributed by atoms with Crippen LogP contribution in [0.3, 0.4) is 0 Å². The van der Waals surface area contributed by atoms with Gasteiger partial charge in [0.25, 0.3) is 10.0 Å². The van der Waals surface area contributed by atoms with Gasteiger partial charge in [0.2, 0.25) is 10.9 Å². The molecule has 0 saturated heterocycles. The number of rotatable bonds is 5. The first kappa shape index (κ1) is 16.3. The molecule has 7 nitrogen and oxygen atoms in total. The van der Waals surface area contributed by atoms with Gasteiger partial charge in [-0.05, 0) is 3.71 Å². The summed E-state index contributed by atoms with van der Waals surface area (Å²) >= 11 is 0. The molecule has 0 radical (unpaired) electrons. The minimum Gasteiger partial charge on any atom is -0.234 e. The monoisotopic (exact) mass is 316 g/mol. The Morgan fingerprint density at radius 3 is 2.06 bits per heavy atom. The normalized spacial score (nSPS) is 15.4. The summed E-state index contributed by atoms with van der Waals surface area (Å²) < 4.78 is 90.2. The van der Waals surface area contributed by atoms with Crippen LogP contribution in [0, 0.1) is 0 Å². The van der Waals surface area contributed by atoms with Crippen LogP contribution in [0.1, 0.15) is 0 Å². The Bertz CT molecular complexity index is 533. The number of halogens is 3. The largest absolute Gasteiger partial charge is 0.485 e. The molecule has 0 aromatic rings. The Labute approximate surface area is 98.4 Å². The van der Waals surface area contributed by atoms with Crippen LogP contribution in [0.4, 0.5) is 13.2 Å². The Hall–Kier alpha value is -0.660. The molecule has 0 heterocycles. The van der Waals surface area contributed by atoms with Crippen molar-refractivity contribution in [1.29, 1.82) is 0 Å². The average Bonchev–Trinajstić information content (AvgIpc) is 1.96. The number of hydrogen-bond donors (Lipinski definition) is 2. The highest BCUT2D eigenvalue weighted by molar-refractivity contribution is 7.98. The fourth-order valence-corrected chi connectivity index (χ4v) is 3.44. The standard InChI is InChI=1S/C4H7F3N2O5S3/c1-2-3-17(13,14)8-15(10)9(16(11)12)4(5,6)7/h2,15-16H,1,3H2. The second kappa shape index (κ2) is 5.79. The summed E-state index contributed by atoms with van der Waals surface area (Å²) in [6, 6.07) is 0. The molecule has 0 N–H and O–H groups in total. The molecular formula is C4H7F3N2O5S3. The molecule has 13 heteroatoms. The summed E-state index contributed by atoms with van der Waals surface area (Å²) in [5, 5.41) is 0. The van der Waals surface area contributed by atoms with Gasteiger partial charge in [0, 0.05) is 0 Å². The van der Waals surface area contributed by atoms with E-state index in [1.54, 1.807) is 0 Å². The number of sulfonamides is 1. The molecule has 1 unspecified atom stereocenters. The lowest BCUT2D eigenvalue weighted by Crippen LogP contribution is -2.35. The van der Waals surface area contributed by atoms with Gasteiger partial charge in [-0.3, -0.25) is 0 Å². The maximum absolute atomic E-state index is 12.1. The molecule has 0 fully saturated rings. The topological polar surface area (TPSA) is 101 Å². The van der Waals surface area contributed by atoms with Gasteiger partial charge in [-0.2, -0.15) is 13.2 Å². The van der Waals surface area contributed by atoms with E-state index >= 15 is 0 Å². The molecule has 0 bridgehead atoms. The molecule has 0 aliphatic heterocycles. The lowest BCUT2D eigenvalue weighted by atomic mass is 10.8. The van der Waals surface area contributed by atoms with Crippen LogP contribution in [0.25, 0.3) is 0 Å². The van der Waals surface area contributed by atoms with Crippen molar-refractivity contribution in [3.05, 3.63) is 12.7 Å². The third-order valence-electron chi connectivity index (χ3n) is 1.07. The first-order valence-electron chi connectivity index (χ1n) is 3.56. The minimum absolute atomic E-state index is 0.803. The van der Waals surface area contributed by atoms with Crippen molar-refractivity contribution in [2.75, 3.05) is 5.75 Å². The van der Waals surface area contributed by atoms with Gasteiger partial charge < -0.3 is 0 Å². The molecule has 0 spiro atoms. The Morgan fingerprint density at radius 1 is 1.29 bits per heavy atom. The van der Waals surface area contributed by atoms with E-state index in [1.807, 2.05) is 0 Å². The highest BCUT2D eigenvalue weighted by Crippen LogP contribution is 2.22. The zero-order chi connectivity index (χ0) is 13.9. The first-order chi connectivity index (χ1) is 7.51. The quantitative estimate of drug-likeness (QED) is 0.402. The third-order valence-corrected chi connectivity index (χ3v) is 5.26. The van der Waals surface area contributed by atoms with Gasteiger partial charge in [-0.15, -0.1) is 6.58 Å². The summed E-state index contributed by atoms with van der Waals surface area (Å²) in [6.45, 7) is 2.99. The molecule has 0 rings (SSSR count). The second-order valence-corrected chi connectivity index (χ2v) is 6.61. The molecule has 0 amide bonds. The molecular weight excluding hydrogens is 309 g/mol. The van der Waals surface area contributed by atoms with Gasteiger partial charge in [0.1, 0.15) is 10.8 Å². The predicted molar refractivity (Wildman–Crippen MR) is 54.2 cm³/mol. The molecule has 0 aromatic carbocycles. The van der Waals surface area contributed by atoms with E-state index in [9.17, 15) is 34.2 Å². The maximum atomic E-state index is 12.1. The maximum Gasteiger partial charge on any atom is 0.485 e. The van der Waals surface area contributed by atoms with Crippen molar-refractivity contribution in [2.24, 2.45) is 3.77 Å². The molecule has 102 valence electrons. The smallest absolute Gasteiger partial charge is 0.234 e. The highest BCUT2D eigenvalue weighted by atomic mass is 32.3. The lowest BCUT2D eigenvalue weighted by Gasteiger charge is -2.12. The fraction of sp³-hybridized carbons (Fsp3) is 0.500. The summed E-state index contributed by atoms with van der Waals surface area (Å²) in [7, 11) is -12.8. The Morgan fingerprint density at radius 2 is 1.76 bits per heavy atom. The Kier molecular flexibility index (Phi) is 5.57. The zero-order valence-corrected chi connectivity index (χ0v) is 10.5. The molecule has 0 saturated carbocycles. The van der Waals surface area contributed by atoms with Crippen molar-refractivity contribution in [3.8, 4) is 0 Å². The number of thiol groups is 2. The summed E-state index contributed by atoms with van der Waals surface area (Å²) in [4.78, 5) is 0. The molecule has 17 heavy (non-hydrogen) atoms. The molecule has 1 atom stereocenters. The van der Waals surface area contributed by atoms with E-state index in [4.69, 9.17) is 0 Å². The van der Waals surface area contributed by atoms with Crippen LogP contribution in [0.15, 0.2) is 16.4 Å². The molecule has 0 aliphatic rings. The third kappa shape index (κ3) is 5.47. The highest BCUT2D eigenvalue weighted by Gasteiger charge is 2.42. The number of nitrogens with zero attached hydrogens (tertiary/aromatic N) is 2. The van der Waals surface area contributed by atoms with E-state index in [-0.39, 0.29) is 0 Å². The minimum atomic E-state index is -5.50. The zero-order valence-electron chi connectivity index (χ0n) is 7.86. The van der Waals surface area contributed by atoms with Crippen LogP contribution in [0.5, 0.6) is 0 Å². The van der Waals surface area contributed by atoms with Crippen molar-refractivity contribution < 1.29 is 34.2 Å². The van der Waals surface area contributed by atoms with Gasteiger partial charge in [0.15, 0.2) is 0 Å². The van der Waals surface area contributed by atoms with Gasteiger partial charge >= 0.3 is 6.30 Å². The van der Waals surface area contributed by atoms with E-state index in [0.29, 0.717) is 0 Å². The van der Waals surface area contributed by atoms with E-state index in [0.717, 1.165) is 6.08 Å². The number of hydrogen-bond acceptors (Lipinski definition) is 5. The van der Waals surface area contributed by atoms with Gasteiger partial charge in [0.05, 0.1) is 5.75 Å². The van der Waals surface area contributed by atoms with Crippen molar-refractivity contribution in [3.63, 3.8) is 0 Å². The second-order valence-electron chi connectivity index (χ2n) is 2.37. The van der Waals surface area contributed by atoms with Crippen LogP contribution >= 0.6 is 0 Å². The molecule has 0 aliphatic carbocycles. The van der Waals surface area contributed by atoms with Gasteiger partial charge in [-0.1, -0.05) is 9.84 Å². The lowest BCUT2D eigenvalue weighted by molar-refractivity contribution is -0.178. The average molecular weight is 316 g/mol. The van der Waals surface area contributed by atoms with Crippen LogP contribution in [0.2, 0.25) is 0 Å². The fourth-order valence-electron chi connectivity index (χ4n) is 0.575.